The van der Waals surface area contributed by atoms with Gasteiger partial charge in [0.1, 0.15) is 0 Å². The van der Waals surface area contributed by atoms with Crippen molar-refractivity contribution in [3.8, 4) is 0 Å². The summed E-state index contributed by atoms with van der Waals surface area (Å²) in [5.41, 5.74) is 0. The van der Waals surface area contributed by atoms with Gasteiger partial charge in [0.25, 0.3) is 0 Å². The monoisotopic (exact) mass is 139 g/mol. The molecule has 0 saturated heterocycles. The average molecular weight is 139 g/mol. The van der Waals surface area contributed by atoms with Gasteiger partial charge in [-0.3, -0.25) is 4.79 Å². The third-order valence-electron chi connectivity index (χ3n) is 1.82. The number of hydrogen-bond donors (Lipinski definition) is 0. The van der Waals surface area contributed by atoms with Crippen LogP contribution >= 0.6 is 0 Å². The van der Waals surface area contributed by atoms with E-state index in [4.69, 9.17) is 0 Å². The summed E-state index contributed by atoms with van der Waals surface area (Å²) in [6, 6.07) is 0. The summed E-state index contributed by atoms with van der Waals surface area (Å²) in [6.07, 6.45) is 5.05. The molecular weight excluding hydrogens is 126 g/mol. The van der Waals surface area contributed by atoms with Gasteiger partial charge in [-0.2, -0.15) is 0 Å². The van der Waals surface area contributed by atoms with E-state index in [0.717, 1.165) is 13.0 Å². The Morgan fingerprint density at radius 1 is 1.70 bits per heavy atom. The topological polar surface area (TPSA) is 20.3 Å². The van der Waals surface area contributed by atoms with Crippen LogP contribution in [0.2, 0.25) is 0 Å². The lowest BCUT2D eigenvalue weighted by molar-refractivity contribution is -0.126. The molecule has 1 heterocycles. The van der Waals surface area contributed by atoms with Crippen LogP contribution in [0.3, 0.4) is 0 Å². The van der Waals surface area contributed by atoms with Crippen molar-refractivity contribution in [2.24, 2.45) is 5.92 Å². The smallest absolute Gasteiger partial charge is 0.223 e. The molecule has 1 rings (SSSR count). The molecule has 0 N–H and O–H groups in total. The lowest BCUT2D eigenvalue weighted by Gasteiger charge is -2.22. The van der Waals surface area contributed by atoms with Crippen LogP contribution < -0.4 is 0 Å². The minimum Gasteiger partial charge on any atom is -0.320 e. The van der Waals surface area contributed by atoms with Crippen LogP contribution in [0.1, 0.15) is 20.3 Å². The largest absolute Gasteiger partial charge is 0.320 e. The van der Waals surface area contributed by atoms with E-state index >= 15 is 0 Å². The molecule has 2 heteroatoms. The van der Waals surface area contributed by atoms with Gasteiger partial charge < -0.3 is 4.90 Å². The van der Waals surface area contributed by atoms with E-state index in [0.29, 0.717) is 5.92 Å². The maximum absolute atomic E-state index is 10.8. The molecule has 1 unspecified atom stereocenters. The Balaban J connectivity index is 2.53. The van der Waals surface area contributed by atoms with Crippen molar-refractivity contribution in [2.45, 2.75) is 20.3 Å². The highest BCUT2D eigenvalue weighted by molar-refractivity contribution is 5.74. The van der Waals surface area contributed by atoms with Gasteiger partial charge in [0, 0.05) is 19.7 Å². The highest BCUT2D eigenvalue weighted by atomic mass is 16.2. The summed E-state index contributed by atoms with van der Waals surface area (Å²) >= 11 is 0. The molecule has 0 saturated carbocycles. The zero-order valence-corrected chi connectivity index (χ0v) is 6.50. The molecule has 10 heavy (non-hydrogen) atoms. The average Bonchev–Trinajstić information content (AvgIpc) is 1.88. The van der Waals surface area contributed by atoms with Crippen LogP contribution in [-0.2, 0) is 4.79 Å². The molecule has 2 nitrogen and oxygen atoms in total. The summed E-state index contributed by atoms with van der Waals surface area (Å²) in [6.45, 7) is 4.64. The van der Waals surface area contributed by atoms with Crippen LogP contribution in [0, 0.1) is 5.92 Å². The number of nitrogens with zero attached hydrogens (tertiary/aromatic N) is 1. The van der Waals surface area contributed by atoms with E-state index in [1.807, 2.05) is 6.20 Å². The number of rotatable bonds is 0. The van der Waals surface area contributed by atoms with Crippen molar-refractivity contribution in [1.82, 2.24) is 4.90 Å². The van der Waals surface area contributed by atoms with Crippen molar-refractivity contribution in [1.29, 1.82) is 0 Å². The van der Waals surface area contributed by atoms with Crippen molar-refractivity contribution in [3.05, 3.63) is 12.3 Å². The van der Waals surface area contributed by atoms with E-state index in [1.54, 1.807) is 11.8 Å². The molecule has 0 aromatic heterocycles. The summed E-state index contributed by atoms with van der Waals surface area (Å²) in [7, 11) is 0. The van der Waals surface area contributed by atoms with Crippen LogP contribution in [0.5, 0.6) is 0 Å². The lowest BCUT2D eigenvalue weighted by atomic mass is 10.1. The number of allylic oxidation sites excluding steroid dienone is 1. The van der Waals surface area contributed by atoms with E-state index in [1.165, 1.54) is 0 Å². The Hall–Kier alpha value is -0.790. The van der Waals surface area contributed by atoms with Gasteiger partial charge in [0.05, 0.1) is 0 Å². The minimum atomic E-state index is 0.142. The zero-order chi connectivity index (χ0) is 7.56. The zero-order valence-electron chi connectivity index (χ0n) is 6.50. The molecule has 1 aliphatic heterocycles. The molecule has 1 amide bonds. The Morgan fingerprint density at radius 2 is 2.40 bits per heavy atom. The molecule has 0 aromatic carbocycles. The fourth-order valence-corrected chi connectivity index (χ4v) is 1.03. The maximum atomic E-state index is 10.8. The first-order chi connectivity index (χ1) is 4.70. The first-order valence-electron chi connectivity index (χ1n) is 3.65. The van der Waals surface area contributed by atoms with E-state index in [9.17, 15) is 4.79 Å². The van der Waals surface area contributed by atoms with Gasteiger partial charge in [-0.25, -0.2) is 0 Å². The Morgan fingerprint density at radius 3 is 2.80 bits per heavy atom. The van der Waals surface area contributed by atoms with Gasteiger partial charge >= 0.3 is 0 Å². The van der Waals surface area contributed by atoms with Crippen LogP contribution in [0.15, 0.2) is 12.3 Å². The molecular formula is C8H13NO. The Bertz CT molecular complexity index is 163. The van der Waals surface area contributed by atoms with Crippen LogP contribution in [0.4, 0.5) is 0 Å². The molecule has 0 aliphatic carbocycles. The first kappa shape index (κ1) is 7.32. The minimum absolute atomic E-state index is 0.142. The van der Waals surface area contributed by atoms with Crippen molar-refractivity contribution >= 4 is 5.91 Å². The van der Waals surface area contributed by atoms with Gasteiger partial charge in [0.2, 0.25) is 5.91 Å². The predicted molar refractivity (Wildman–Crippen MR) is 40.3 cm³/mol. The molecule has 0 radical (unpaired) electrons. The lowest BCUT2D eigenvalue weighted by Crippen LogP contribution is -2.27. The Kier molecular flexibility index (Phi) is 2.10. The molecule has 0 fully saturated rings. The molecule has 0 bridgehead atoms. The molecule has 1 aliphatic rings. The quantitative estimate of drug-likeness (QED) is 0.496. The molecule has 0 aromatic rings. The summed E-state index contributed by atoms with van der Waals surface area (Å²) in [5.74, 6) is 0.777. The third-order valence-corrected chi connectivity index (χ3v) is 1.82. The second kappa shape index (κ2) is 2.86. The standard InChI is InChI=1S/C8H13NO/c1-7-3-5-9(6-4-7)8(2)10/h3,5,7H,4,6H2,1-2H3. The van der Waals surface area contributed by atoms with E-state index < -0.39 is 0 Å². The number of hydrogen-bond acceptors (Lipinski definition) is 1. The first-order valence-corrected chi connectivity index (χ1v) is 3.65. The summed E-state index contributed by atoms with van der Waals surface area (Å²) < 4.78 is 0. The van der Waals surface area contributed by atoms with Gasteiger partial charge in [-0.05, 0) is 12.3 Å². The fourth-order valence-electron chi connectivity index (χ4n) is 1.03. The highest BCUT2D eigenvalue weighted by Gasteiger charge is 2.10. The predicted octanol–water partition coefficient (Wildman–Crippen LogP) is 1.39. The molecule has 1 atom stereocenters. The van der Waals surface area contributed by atoms with Crippen molar-refractivity contribution in [3.63, 3.8) is 0 Å². The van der Waals surface area contributed by atoms with Gasteiger partial charge in [-0.1, -0.05) is 13.0 Å². The third kappa shape index (κ3) is 1.59. The maximum Gasteiger partial charge on any atom is 0.223 e. The second-order valence-corrected chi connectivity index (χ2v) is 2.82. The number of amides is 1. The Labute approximate surface area is 61.5 Å². The summed E-state index contributed by atoms with van der Waals surface area (Å²) in [4.78, 5) is 12.5. The van der Waals surface area contributed by atoms with Crippen LogP contribution in [0.25, 0.3) is 0 Å². The van der Waals surface area contributed by atoms with Crippen molar-refractivity contribution in [2.75, 3.05) is 6.54 Å². The second-order valence-electron chi connectivity index (χ2n) is 2.82. The van der Waals surface area contributed by atoms with Crippen LogP contribution in [-0.4, -0.2) is 17.4 Å². The SMILES string of the molecule is CC(=O)N1C=CC(C)CC1. The van der Waals surface area contributed by atoms with E-state index in [2.05, 4.69) is 13.0 Å². The van der Waals surface area contributed by atoms with Gasteiger partial charge in [-0.15, -0.1) is 0 Å². The fraction of sp³-hybridized carbons (Fsp3) is 0.625. The number of carbonyl (C=O) groups excluding carboxylic acids is 1. The van der Waals surface area contributed by atoms with Crippen molar-refractivity contribution < 1.29 is 4.79 Å². The summed E-state index contributed by atoms with van der Waals surface area (Å²) in [5, 5.41) is 0. The number of carbonyl (C=O) groups is 1. The molecule has 56 valence electrons. The molecule has 0 spiro atoms. The highest BCUT2D eigenvalue weighted by Crippen LogP contribution is 2.11. The van der Waals surface area contributed by atoms with Gasteiger partial charge in [0.15, 0.2) is 0 Å². The van der Waals surface area contributed by atoms with E-state index in [-0.39, 0.29) is 5.91 Å². The normalized spacial score (nSPS) is 25.0.